The molecule has 0 aliphatic rings. The molecule has 0 fully saturated rings. The lowest BCUT2D eigenvalue weighted by atomic mass is 10.4. The quantitative estimate of drug-likeness (QED) is 0.392. The van der Waals surface area contributed by atoms with Crippen LogP contribution in [0.3, 0.4) is 0 Å². The predicted molar refractivity (Wildman–Crippen MR) is 86.8 cm³/mol. The van der Waals surface area contributed by atoms with E-state index < -0.39 is 8.80 Å². The minimum Gasteiger partial charge on any atom is -0.373 e. The molecule has 20 heavy (non-hydrogen) atoms. The van der Waals surface area contributed by atoms with Crippen molar-refractivity contribution in [2.24, 2.45) is 5.73 Å². The van der Waals surface area contributed by atoms with Gasteiger partial charge < -0.3 is 19.0 Å². The Bertz CT molecular complexity index is 189. The molecule has 0 bridgehead atoms. The van der Waals surface area contributed by atoms with Crippen molar-refractivity contribution in [2.75, 3.05) is 19.8 Å². The van der Waals surface area contributed by atoms with E-state index in [4.69, 9.17) is 19.0 Å². The van der Waals surface area contributed by atoms with E-state index in [0.717, 1.165) is 38.5 Å². The Balaban J connectivity index is 4.57. The Morgan fingerprint density at radius 3 is 1.40 bits per heavy atom. The third kappa shape index (κ3) is 9.88. The van der Waals surface area contributed by atoms with E-state index in [0.29, 0.717) is 25.9 Å². The van der Waals surface area contributed by atoms with Gasteiger partial charge in [-0.1, -0.05) is 40.0 Å². The van der Waals surface area contributed by atoms with Gasteiger partial charge in [0.1, 0.15) is 0 Å². The molecule has 0 amide bonds. The normalized spacial score (nSPS) is 13.7. The molecule has 0 aliphatic heterocycles. The zero-order valence-electron chi connectivity index (χ0n) is 14.0. The highest BCUT2D eigenvalue weighted by Crippen LogP contribution is 2.19. The first-order valence-corrected chi connectivity index (χ1v) is 10.2. The summed E-state index contributed by atoms with van der Waals surface area (Å²) in [5.74, 6) is 0. The number of hydrogen-bond acceptors (Lipinski definition) is 4. The molecule has 0 saturated heterocycles. The van der Waals surface area contributed by atoms with Crippen LogP contribution in [0.1, 0.15) is 66.2 Å². The molecule has 1 atom stereocenters. The summed E-state index contributed by atoms with van der Waals surface area (Å²) in [6.45, 7) is 10.6. The van der Waals surface area contributed by atoms with Gasteiger partial charge in [-0.2, -0.15) is 0 Å². The van der Waals surface area contributed by atoms with Crippen LogP contribution in [0.4, 0.5) is 0 Å². The molecular formula is C15H35NO3Si. The average molecular weight is 306 g/mol. The molecule has 0 aliphatic carbocycles. The largest absolute Gasteiger partial charge is 0.502 e. The van der Waals surface area contributed by atoms with Crippen LogP contribution in [-0.4, -0.2) is 34.7 Å². The Labute approximate surface area is 126 Å². The van der Waals surface area contributed by atoms with Gasteiger partial charge in [0, 0.05) is 31.9 Å². The second kappa shape index (κ2) is 12.8. The maximum Gasteiger partial charge on any atom is 0.502 e. The Hall–Kier alpha value is 0.0569. The Kier molecular flexibility index (Phi) is 12.8. The zero-order chi connectivity index (χ0) is 15.3. The van der Waals surface area contributed by atoms with E-state index in [1.807, 2.05) is 6.92 Å². The summed E-state index contributed by atoms with van der Waals surface area (Å²) in [6, 6.07) is 0.760. The highest BCUT2D eigenvalue weighted by atomic mass is 28.4. The standard InChI is InChI=1S/C15H35NO3Si/c1-5-8-11-17-20(14-15(4)16,18-12-9-6-2)19-13-10-7-3/h15H,5-14,16H2,1-4H3. The summed E-state index contributed by atoms with van der Waals surface area (Å²) in [4.78, 5) is 0. The van der Waals surface area contributed by atoms with E-state index in [9.17, 15) is 0 Å². The number of hydrogen-bond donors (Lipinski definition) is 1. The Morgan fingerprint density at radius 2 is 1.15 bits per heavy atom. The highest BCUT2D eigenvalue weighted by molar-refractivity contribution is 6.60. The number of nitrogens with two attached hydrogens (primary N) is 1. The third-order valence-corrected chi connectivity index (χ3v) is 6.11. The van der Waals surface area contributed by atoms with Crippen LogP contribution in [0.5, 0.6) is 0 Å². The van der Waals surface area contributed by atoms with Crippen molar-refractivity contribution in [3.63, 3.8) is 0 Å². The molecule has 0 spiro atoms. The van der Waals surface area contributed by atoms with Crippen molar-refractivity contribution < 1.29 is 13.3 Å². The van der Waals surface area contributed by atoms with Crippen LogP contribution in [0.25, 0.3) is 0 Å². The summed E-state index contributed by atoms with van der Waals surface area (Å²) in [5, 5.41) is 0. The SMILES string of the molecule is CCCCO[Si](CC(C)N)(OCCCC)OCCCC. The van der Waals surface area contributed by atoms with Gasteiger partial charge in [0.25, 0.3) is 0 Å². The van der Waals surface area contributed by atoms with E-state index in [-0.39, 0.29) is 6.04 Å². The molecule has 122 valence electrons. The summed E-state index contributed by atoms with van der Waals surface area (Å²) in [7, 11) is -2.60. The van der Waals surface area contributed by atoms with Crippen LogP contribution in [0, 0.1) is 0 Å². The summed E-state index contributed by atoms with van der Waals surface area (Å²) >= 11 is 0. The topological polar surface area (TPSA) is 53.7 Å². The molecule has 0 aromatic rings. The van der Waals surface area contributed by atoms with Crippen molar-refractivity contribution >= 4 is 8.80 Å². The Morgan fingerprint density at radius 1 is 0.800 bits per heavy atom. The second-order valence-electron chi connectivity index (χ2n) is 5.47. The van der Waals surface area contributed by atoms with Crippen molar-refractivity contribution in [3.05, 3.63) is 0 Å². The molecule has 0 radical (unpaired) electrons. The lowest BCUT2D eigenvalue weighted by Crippen LogP contribution is -2.50. The molecule has 0 heterocycles. The smallest absolute Gasteiger partial charge is 0.373 e. The number of unbranched alkanes of at least 4 members (excludes halogenated alkanes) is 3. The first-order valence-electron chi connectivity index (χ1n) is 8.27. The van der Waals surface area contributed by atoms with Crippen molar-refractivity contribution in [1.29, 1.82) is 0 Å². The number of rotatable bonds is 14. The molecule has 1 unspecified atom stereocenters. The average Bonchev–Trinajstić information content (AvgIpc) is 2.39. The van der Waals surface area contributed by atoms with Gasteiger partial charge >= 0.3 is 8.80 Å². The summed E-state index contributed by atoms with van der Waals surface area (Å²) < 4.78 is 18.3. The highest BCUT2D eigenvalue weighted by Gasteiger charge is 2.41. The van der Waals surface area contributed by atoms with Crippen LogP contribution in [0.2, 0.25) is 6.04 Å². The van der Waals surface area contributed by atoms with E-state index >= 15 is 0 Å². The lowest BCUT2D eigenvalue weighted by molar-refractivity contribution is 0.0551. The zero-order valence-corrected chi connectivity index (χ0v) is 15.0. The van der Waals surface area contributed by atoms with Crippen LogP contribution < -0.4 is 5.73 Å². The fourth-order valence-electron chi connectivity index (χ4n) is 1.81. The van der Waals surface area contributed by atoms with Crippen molar-refractivity contribution in [1.82, 2.24) is 0 Å². The van der Waals surface area contributed by atoms with Gasteiger partial charge in [0.15, 0.2) is 0 Å². The molecule has 0 aromatic carbocycles. The molecule has 0 aromatic heterocycles. The van der Waals surface area contributed by atoms with Gasteiger partial charge in [0.2, 0.25) is 0 Å². The van der Waals surface area contributed by atoms with Crippen LogP contribution in [0.15, 0.2) is 0 Å². The maximum atomic E-state index is 6.09. The van der Waals surface area contributed by atoms with Crippen molar-refractivity contribution in [3.8, 4) is 0 Å². The molecule has 2 N–H and O–H groups in total. The lowest BCUT2D eigenvalue weighted by Gasteiger charge is -2.31. The predicted octanol–water partition coefficient (Wildman–Crippen LogP) is 3.72. The maximum absolute atomic E-state index is 6.09. The fourth-order valence-corrected chi connectivity index (χ4v) is 4.57. The van der Waals surface area contributed by atoms with E-state index in [1.165, 1.54) is 0 Å². The molecule has 0 rings (SSSR count). The fraction of sp³-hybridized carbons (Fsp3) is 1.00. The molecular weight excluding hydrogens is 270 g/mol. The first-order chi connectivity index (χ1) is 9.60. The van der Waals surface area contributed by atoms with Crippen LogP contribution >= 0.6 is 0 Å². The van der Waals surface area contributed by atoms with Gasteiger partial charge in [-0.25, -0.2) is 0 Å². The van der Waals surface area contributed by atoms with E-state index in [1.54, 1.807) is 0 Å². The molecule has 5 heteroatoms. The third-order valence-electron chi connectivity index (χ3n) is 3.03. The monoisotopic (exact) mass is 305 g/mol. The van der Waals surface area contributed by atoms with Gasteiger partial charge in [0.05, 0.1) is 0 Å². The second-order valence-corrected chi connectivity index (χ2v) is 8.11. The van der Waals surface area contributed by atoms with Gasteiger partial charge in [-0.15, -0.1) is 0 Å². The minimum atomic E-state index is -2.60. The molecule has 0 saturated carbocycles. The van der Waals surface area contributed by atoms with Gasteiger partial charge in [-0.3, -0.25) is 0 Å². The summed E-state index contributed by atoms with van der Waals surface area (Å²) in [6.07, 6.45) is 6.48. The molecule has 4 nitrogen and oxygen atoms in total. The van der Waals surface area contributed by atoms with Gasteiger partial charge in [-0.05, 0) is 26.2 Å². The first kappa shape index (κ1) is 20.1. The summed E-state index contributed by atoms with van der Waals surface area (Å²) in [5.41, 5.74) is 5.99. The van der Waals surface area contributed by atoms with Crippen LogP contribution in [-0.2, 0) is 13.3 Å². The minimum absolute atomic E-state index is 0.0477. The van der Waals surface area contributed by atoms with E-state index in [2.05, 4.69) is 20.8 Å². The van der Waals surface area contributed by atoms with Crippen molar-refractivity contribution in [2.45, 2.75) is 78.3 Å².